The van der Waals surface area contributed by atoms with E-state index >= 15 is 0 Å². The molecule has 0 aliphatic carbocycles. The number of nitrogens with two attached hydrogens (primary N) is 1. The predicted octanol–water partition coefficient (Wildman–Crippen LogP) is -2.14. The van der Waals surface area contributed by atoms with Gasteiger partial charge in [0.25, 0.3) is 0 Å². The molecule has 21 heavy (non-hydrogen) atoms. The Morgan fingerprint density at radius 1 is 0.762 bits per heavy atom. The van der Waals surface area contributed by atoms with Gasteiger partial charge in [0.15, 0.2) is 0 Å². The van der Waals surface area contributed by atoms with Gasteiger partial charge in [0, 0.05) is 0 Å². The molecule has 0 saturated carbocycles. The molecule has 0 aliphatic heterocycles. The van der Waals surface area contributed by atoms with E-state index in [2.05, 4.69) is 12.3 Å². The lowest BCUT2D eigenvalue weighted by Gasteiger charge is -1.68. The van der Waals surface area contributed by atoms with Crippen molar-refractivity contribution >= 4 is 37.1 Å². The summed E-state index contributed by atoms with van der Waals surface area (Å²) < 4.78 is 94.8. The normalized spacial score (nSPS) is 9.81. The van der Waals surface area contributed by atoms with E-state index in [9.17, 15) is 4.79 Å². The first-order valence-corrected chi connectivity index (χ1v) is 7.48. The maximum absolute atomic E-state index is 9.47. The Labute approximate surface area is 119 Å². The van der Waals surface area contributed by atoms with Crippen LogP contribution in [0.2, 0.25) is 0 Å². The fraction of sp³-hybridized carbons (Fsp3) is 0. The van der Waals surface area contributed by atoms with Gasteiger partial charge in [-0.25, -0.2) is 0 Å². The number of primary amides is 1. The highest BCUT2D eigenvalue weighted by Gasteiger charge is 1.85. The zero-order chi connectivity index (χ0) is 17.8. The van der Waals surface area contributed by atoms with Crippen molar-refractivity contribution in [3.63, 3.8) is 0 Å². The molecule has 11 N–H and O–H groups in total. The maximum Gasteiger partial charge on any atom is 0.394 e. The topological polar surface area (TPSA) is 302 Å². The second kappa shape index (κ2) is 13.7. The summed E-state index contributed by atoms with van der Waals surface area (Å²) in [6.07, 6.45) is 1.06. The summed E-state index contributed by atoms with van der Waals surface area (Å²) in [4.78, 5) is 9.47. The molecule has 0 aromatic rings. The van der Waals surface area contributed by atoms with E-state index in [1.54, 1.807) is 0 Å². The Morgan fingerprint density at radius 2 is 0.810 bits per heavy atom. The van der Waals surface area contributed by atoms with Crippen LogP contribution in [-0.4, -0.2) is 58.5 Å². The highest BCUT2D eigenvalue weighted by molar-refractivity contribution is 7.80. The monoisotopic (exact) mass is 382 g/mol. The van der Waals surface area contributed by atoms with Crippen molar-refractivity contribution in [2.24, 2.45) is 5.73 Å². The summed E-state index contributed by atoms with van der Waals surface area (Å²) in [7, 11) is -14.0. The molecular weight excluding hydrogens is 368 g/mol. The third-order valence-corrected chi connectivity index (χ3v) is 0.201. The van der Waals surface area contributed by atoms with E-state index in [0.717, 1.165) is 6.08 Å². The summed E-state index contributed by atoms with van der Waals surface area (Å²) >= 11 is 0. The lowest BCUT2D eigenvalue weighted by Crippen LogP contribution is -2.04. The molecule has 0 saturated heterocycles. The highest BCUT2D eigenvalue weighted by Crippen LogP contribution is 1.60. The summed E-state index contributed by atoms with van der Waals surface area (Å²) in [5.41, 5.74) is 4.53. The fourth-order valence-electron chi connectivity index (χ4n) is 0. The first-order chi connectivity index (χ1) is 8.27. The maximum atomic E-state index is 9.47. The second-order valence-electron chi connectivity index (χ2n) is 1.95. The van der Waals surface area contributed by atoms with Crippen LogP contribution in [0.1, 0.15) is 0 Å². The van der Waals surface area contributed by atoms with Crippen molar-refractivity contribution in [3.8, 4) is 0 Å². The third-order valence-electron chi connectivity index (χ3n) is 0.201. The average Bonchev–Trinajstić information content (AvgIpc) is 1.93. The van der Waals surface area contributed by atoms with E-state index in [1.165, 1.54) is 0 Å². The molecular formula is C3H14N2O13S3. The SMILES string of the molecule is C=CC(N)=O.N.O=S(=O)(O)O.O=S(=O)(O)O.O=S(=O)(O)O. The molecule has 15 nitrogen and oxygen atoms in total. The van der Waals surface area contributed by atoms with E-state index in [0.29, 0.717) is 0 Å². The van der Waals surface area contributed by atoms with Gasteiger partial charge in [-0.05, 0) is 6.08 Å². The van der Waals surface area contributed by atoms with Crippen LogP contribution in [0.15, 0.2) is 12.7 Å². The first-order valence-electron chi connectivity index (χ1n) is 3.29. The molecule has 0 aliphatic rings. The van der Waals surface area contributed by atoms with Crippen molar-refractivity contribution in [2.75, 3.05) is 0 Å². The van der Waals surface area contributed by atoms with Gasteiger partial charge in [0.1, 0.15) is 0 Å². The van der Waals surface area contributed by atoms with Crippen molar-refractivity contribution < 1.29 is 57.4 Å². The summed E-state index contributed by atoms with van der Waals surface area (Å²) in [5.74, 6) is -0.481. The molecule has 0 spiro atoms. The highest BCUT2D eigenvalue weighted by atomic mass is 32.3. The predicted molar refractivity (Wildman–Crippen MR) is 66.9 cm³/mol. The number of rotatable bonds is 1. The van der Waals surface area contributed by atoms with E-state index in [-0.39, 0.29) is 6.15 Å². The van der Waals surface area contributed by atoms with Crippen LogP contribution in [0.25, 0.3) is 0 Å². The minimum Gasteiger partial charge on any atom is -0.366 e. The average molecular weight is 382 g/mol. The Hall–Kier alpha value is -1.22. The minimum atomic E-state index is -4.67. The Balaban J connectivity index is -0.0000000533. The largest absolute Gasteiger partial charge is 0.394 e. The molecule has 0 fully saturated rings. The molecule has 0 bridgehead atoms. The van der Waals surface area contributed by atoms with Gasteiger partial charge in [0.2, 0.25) is 5.91 Å². The van der Waals surface area contributed by atoms with Crippen LogP contribution >= 0.6 is 0 Å². The molecule has 0 heterocycles. The molecule has 0 radical (unpaired) electrons. The van der Waals surface area contributed by atoms with Crippen molar-refractivity contribution in [2.45, 2.75) is 0 Å². The molecule has 0 atom stereocenters. The van der Waals surface area contributed by atoms with Gasteiger partial charge < -0.3 is 11.9 Å². The van der Waals surface area contributed by atoms with E-state index < -0.39 is 37.1 Å². The van der Waals surface area contributed by atoms with Crippen molar-refractivity contribution in [1.82, 2.24) is 6.15 Å². The van der Waals surface area contributed by atoms with E-state index in [4.69, 9.17) is 52.6 Å². The lowest BCUT2D eigenvalue weighted by atomic mass is 10.6. The van der Waals surface area contributed by atoms with Gasteiger partial charge in [-0.1, -0.05) is 6.58 Å². The summed E-state index contributed by atoms with van der Waals surface area (Å²) in [5, 5.41) is 0. The van der Waals surface area contributed by atoms with Gasteiger partial charge in [-0.3, -0.25) is 32.1 Å². The van der Waals surface area contributed by atoms with Crippen LogP contribution in [0, 0.1) is 0 Å². The van der Waals surface area contributed by atoms with Gasteiger partial charge in [-0.2, -0.15) is 25.3 Å². The van der Waals surface area contributed by atoms with Gasteiger partial charge >= 0.3 is 31.2 Å². The lowest BCUT2D eigenvalue weighted by molar-refractivity contribution is -0.113. The van der Waals surface area contributed by atoms with Gasteiger partial charge in [0.05, 0.1) is 0 Å². The number of carbonyl (C=O) groups excluding carboxylic acids is 1. The summed E-state index contributed by atoms with van der Waals surface area (Å²) in [6, 6.07) is 0. The molecule has 0 aromatic carbocycles. The standard InChI is InChI=1S/C3H5NO.H3N.3H2O4S/c1-2-3(4)5;;3*1-5(2,3)4/h2H,1H2,(H2,4,5);1H3;3*(H2,1,2,3,4). The zero-order valence-corrected chi connectivity index (χ0v) is 12.3. The molecule has 0 aromatic heterocycles. The smallest absolute Gasteiger partial charge is 0.366 e. The molecule has 0 rings (SSSR count). The van der Waals surface area contributed by atoms with Gasteiger partial charge in [-0.15, -0.1) is 0 Å². The first kappa shape index (κ1) is 31.9. The number of hydrogen-bond acceptors (Lipinski definition) is 8. The van der Waals surface area contributed by atoms with Crippen molar-refractivity contribution in [1.29, 1.82) is 0 Å². The quantitative estimate of drug-likeness (QED) is 0.177. The molecule has 18 heteroatoms. The van der Waals surface area contributed by atoms with Crippen LogP contribution in [0.5, 0.6) is 0 Å². The van der Waals surface area contributed by atoms with Crippen LogP contribution in [0.4, 0.5) is 0 Å². The van der Waals surface area contributed by atoms with Crippen LogP contribution < -0.4 is 11.9 Å². The van der Waals surface area contributed by atoms with Crippen LogP contribution in [0.3, 0.4) is 0 Å². The third kappa shape index (κ3) is 8690. The molecule has 1 amide bonds. The fourth-order valence-corrected chi connectivity index (χ4v) is 0. The Bertz CT molecular complexity index is 475. The Morgan fingerprint density at radius 3 is 0.810 bits per heavy atom. The van der Waals surface area contributed by atoms with E-state index in [1.807, 2.05) is 0 Å². The number of amides is 1. The number of hydrogen-bond donors (Lipinski definition) is 8. The second-order valence-corrected chi connectivity index (χ2v) is 4.64. The zero-order valence-electron chi connectivity index (χ0n) is 9.83. The summed E-state index contributed by atoms with van der Waals surface area (Å²) in [6.45, 7) is 3.09. The minimum absolute atomic E-state index is 0. The Kier molecular flexibility index (Phi) is 20.9. The number of carbonyl (C=O) groups is 1. The van der Waals surface area contributed by atoms with Crippen LogP contribution in [-0.2, 0) is 36.0 Å². The van der Waals surface area contributed by atoms with Crippen molar-refractivity contribution in [3.05, 3.63) is 12.7 Å². The molecule has 132 valence electrons. The molecule has 0 unspecified atom stereocenters.